The van der Waals surface area contributed by atoms with Crippen molar-refractivity contribution in [2.45, 2.75) is 70.2 Å². The van der Waals surface area contributed by atoms with Gasteiger partial charge in [-0.15, -0.1) is 0 Å². The quantitative estimate of drug-likeness (QED) is 0.300. The van der Waals surface area contributed by atoms with Crippen LogP contribution >= 0.6 is 0 Å². The third-order valence-electron chi connectivity index (χ3n) is 6.96. The summed E-state index contributed by atoms with van der Waals surface area (Å²) >= 11 is 0. The first kappa shape index (κ1) is 27.7. The highest BCUT2D eigenvalue weighted by Gasteiger charge is 2.23. The van der Waals surface area contributed by atoms with Crippen LogP contribution < -0.4 is 15.4 Å². The molecule has 5 nitrogen and oxygen atoms in total. The lowest BCUT2D eigenvalue weighted by Crippen LogP contribution is -2.48. The highest BCUT2D eigenvalue weighted by Crippen LogP contribution is 2.24. The van der Waals surface area contributed by atoms with E-state index in [4.69, 9.17) is 4.74 Å². The van der Waals surface area contributed by atoms with E-state index in [1.165, 1.54) is 30.5 Å². The summed E-state index contributed by atoms with van der Waals surface area (Å²) in [5.74, 6) is -1.07. The van der Waals surface area contributed by atoms with Crippen LogP contribution in [0.3, 0.4) is 0 Å². The van der Waals surface area contributed by atoms with Crippen molar-refractivity contribution in [1.29, 1.82) is 0 Å². The summed E-state index contributed by atoms with van der Waals surface area (Å²) in [6.07, 6.45) is 4.65. The molecule has 3 aromatic carbocycles. The van der Waals surface area contributed by atoms with E-state index in [-0.39, 0.29) is 25.0 Å². The van der Waals surface area contributed by atoms with Gasteiger partial charge in [0.05, 0.1) is 18.2 Å². The van der Waals surface area contributed by atoms with Crippen LogP contribution in [0.5, 0.6) is 5.75 Å². The second kappa shape index (κ2) is 13.5. The molecule has 1 aliphatic carbocycles. The Kier molecular flexibility index (Phi) is 9.85. The molecule has 2 atom stereocenters. The van der Waals surface area contributed by atoms with Crippen LogP contribution in [0, 0.1) is 11.6 Å². The number of nitrogens with one attached hydrogen (secondary N) is 2. The predicted octanol–water partition coefficient (Wildman–Crippen LogP) is 5.34. The van der Waals surface area contributed by atoms with Gasteiger partial charge in [0.15, 0.2) is 0 Å². The Balaban J connectivity index is 1.41. The molecule has 3 aromatic rings. The number of rotatable bonds is 12. The van der Waals surface area contributed by atoms with Crippen molar-refractivity contribution in [3.63, 3.8) is 0 Å². The average molecular weight is 523 g/mol. The zero-order chi connectivity index (χ0) is 26.9. The molecular weight excluding hydrogens is 486 g/mol. The molecule has 0 aliphatic heterocycles. The number of aryl methyl sites for hydroxylation is 1. The van der Waals surface area contributed by atoms with E-state index in [2.05, 4.69) is 29.7 Å². The van der Waals surface area contributed by atoms with Crippen LogP contribution in [0.4, 0.5) is 8.78 Å². The average Bonchev–Trinajstić information content (AvgIpc) is 3.41. The van der Waals surface area contributed by atoms with Gasteiger partial charge in [0.25, 0.3) is 5.91 Å². The van der Waals surface area contributed by atoms with Crippen LogP contribution in [0.15, 0.2) is 66.7 Å². The second-order valence-corrected chi connectivity index (χ2v) is 9.98. The topological polar surface area (TPSA) is 70.6 Å². The molecule has 0 spiro atoms. The van der Waals surface area contributed by atoms with E-state index >= 15 is 0 Å². The second-order valence-electron chi connectivity index (χ2n) is 9.98. The third kappa shape index (κ3) is 8.10. The number of aliphatic hydroxyl groups is 1. The van der Waals surface area contributed by atoms with Crippen molar-refractivity contribution in [2.24, 2.45) is 0 Å². The van der Waals surface area contributed by atoms with E-state index < -0.39 is 23.8 Å². The van der Waals surface area contributed by atoms with Gasteiger partial charge in [-0.1, -0.05) is 31.2 Å². The Morgan fingerprint density at radius 1 is 0.974 bits per heavy atom. The summed E-state index contributed by atoms with van der Waals surface area (Å²) in [4.78, 5) is 13.1. The lowest BCUT2D eigenvalue weighted by Gasteiger charge is -2.25. The van der Waals surface area contributed by atoms with Crippen LogP contribution in [-0.2, 0) is 19.4 Å². The van der Waals surface area contributed by atoms with Gasteiger partial charge in [-0.2, -0.15) is 0 Å². The normalized spacial score (nSPS) is 15.3. The lowest BCUT2D eigenvalue weighted by molar-refractivity contribution is 0.0829. The molecule has 0 radical (unpaired) electrons. The Bertz CT molecular complexity index is 1180. The smallest absolute Gasteiger partial charge is 0.251 e. The molecule has 38 heavy (non-hydrogen) atoms. The third-order valence-corrected chi connectivity index (χ3v) is 6.96. The standard InChI is InChI=1S/C31H36F2N2O3/c1-2-21-6-5-7-22(14-21)19-34-20-30(36)29(17-23-15-25(32)18-26(33)16-23)35-31(37)24-10-12-28(13-11-24)38-27-8-3-4-9-27/h5-7,10-16,18,27,29-30,34,36H,2-4,8-9,17,19-20H2,1H3,(H,35,37)/t29-,30+/m0/s1. The number of benzene rings is 3. The summed E-state index contributed by atoms with van der Waals surface area (Å²) in [5.41, 5.74) is 3.07. The Morgan fingerprint density at radius 3 is 2.34 bits per heavy atom. The SMILES string of the molecule is CCc1cccc(CNC[C@@H](O)[C@H](Cc2cc(F)cc(F)c2)NC(=O)c2ccc(OC3CCCC3)cc2)c1. The number of hydrogen-bond acceptors (Lipinski definition) is 4. The zero-order valence-electron chi connectivity index (χ0n) is 21.8. The number of aliphatic hydroxyl groups excluding tert-OH is 1. The molecule has 3 N–H and O–H groups in total. The maximum Gasteiger partial charge on any atom is 0.251 e. The molecule has 0 aromatic heterocycles. The van der Waals surface area contributed by atoms with Crippen molar-refractivity contribution in [3.8, 4) is 5.75 Å². The minimum Gasteiger partial charge on any atom is -0.490 e. The van der Waals surface area contributed by atoms with Gasteiger partial charge < -0.3 is 20.5 Å². The Labute approximate surface area is 223 Å². The molecule has 0 bridgehead atoms. The van der Waals surface area contributed by atoms with E-state index in [1.54, 1.807) is 24.3 Å². The van der Waals surface area contributed by atoms with Crippen molar-refractivity contribution < 1.29 is 23.4 Å². The van der Waals surface area contributed by atoms with Gasteiger partial charge in [-0.3, -0.25) is 4.79 Å². The van der Waals surface area contributed by atoms with Crippen LogP contribution in [0.25, 0.3) is 0 Å². The molecule has 1 aliphatic rings. The number of amides is 1. The minimum absolute atomic E-state index is 0.0669. The number of ether oxygens (including phenoxy) is 1. The highest BCUT2D eigenvalue weighted by atomic mass is 19.1. The van der Waals surface area contributed by atoms with Gasteiger partial charge in [0.2, 0.25) is 0 Å². The van der Waals surface area contributed by atoms with Crippen LogP contribution in [0.2, 0.25) is 0 Å². The van der Waals surface area contributed by atoms with Gasteiger partial charge in [-0.05, 0) is 91.6 Å². The number of hydrogen-bond donors (Lipinski definition) is 3. The minimum atomic E-state index is -0.996. The predicted molar refractivity (Wildman–Crippen MR) is 144 cm³/mol. The molecule has 1 saturated carbocycles. The maximum atomic E-state index is 13.8. The van der Waals surface area contributed by atoms with Crippen molar-refractivity contribution >= 4 is 5.91 Å². The van der Waals surface area contributed by atoms with Gasteiger partial charge in [-0.25, -0.2) is 8.78 Å². The first-order valence-corrected chi connectivity index (χ1v) is 13.4. The molecule has 1 fully saturated rings. The van der Waals surface area contributed by atoms with E-state index in [1.807, 2.05) is 12.1 Å². The lowest BCUT2D eigenvalue weighted by atomic mass is 10.00. The number of carbonyl (C=O) groups excluding carboxylic acids is 1. The van der Waals surface area contributed by atoms with Crippen molar-refractivity contribution in [3.05, 3.63) is 101 Å². The first-order valence-electron chi connectivity index (χ1n) is 13.4. The summed E-state index contributed by atoms with van der Waals surface area (Å²) in [5, 5.41) is 17.1. The van der Waals surface area contributed by atoms with E-state index in [9.17, 15) is 18.7 Å². The summed E-state index contributed by atoms with van der Waals surface area (Å²) < 4.78 is 33.6. The molecule has 1 amide bonds. The Hall–Kier alpha value is -3.29. The van der Waals surface area contributed by atoms with Gasteiger partial charge in [0.1, 0.15) is 17.4 Å². The number of carbonyl (C=O) groups is 1. The number of halogens is 2. The fourth-order valence-electron chi connectivity index (χ4n) is 4.87. The summed E-state index contributed by atoms with van der Waals surface area (Å²) in [7, 11) is 0. The molecule has 0 unspecified atom stereocenters. The van der Waals surface area contributed by atoms with Crippen molar-refractivity contribution in [1.82, 2.24) is 10.6 Å². The molecule has 7 heteroatoms. The highest BCUT2D eigenvalue weighted by molar-refractivity contribution is 5.94. The summed E-state index contributed by atoms with van der Waals surface area (Å²) in [6, 6.07) is 17.5. The van der Waals surface area contributed by atoms with Crippen LogP contribution in [0.1, 0.15) is 59.7 Å². The van der Waals surface area contributed by atoms with Gasteiger partial charge >= 0.3 is 0 Å². The van der Waals surface area contributed by atoms with Crippen molar-refractivity contribution in [2.75, 3.05) is 6.54 Å². The molecule has 0 heterocycles. The fraction of sp³-hybridized carbons (Fsp3) is 0.387. The first-order chi connectivity index (χ1) is 18.4. The maximum absolute atomic E-state index is 13.8. The van der Waals surface area contributed by atoms with Crippen LogP contribution in [-0.4, -0.2) is 35.8 Å². The van der Waals surface area contributed by atoms with E-state index in [0.717, 1.165) is 36.6 Å². The molecule has 0 saturated heterocycles. The summed E-state index contributed by atoms with van der Waals surface area (Å²) in [6.45, 7) is 2.82. The Morgan fingerprint density at radius 2 is 1.66 bits per heavy atom. The molecular formula is C31H36F2N2O3. The van der Waals surface area contributed by atoms with E-state index in [0.29, 0.717) is 17.7 Å². The monoisotopic (exact) mass is 522 g/mol. The largest absolute Gasteiger partial charge is 0.490 e. The molecule has 4 rings (SSSR count). The molecule has 202 valence electrons. The zero-order valence-corrected chi connectivity index (χ0v) is 21.8. The fourth-order valence-corrected chi connectivity index (χ4v) is 4.87. The van der Waals surface area contributed by atoms with Gasteiger partial charge in [0, 0.05) is 24.7 Å².